The third-order valence-corrected chi connectivity index (χ3v) is 4.17. The van der Waals surface area contributed by atoms with Gasteiger partial charge < -0.3 is 10.6 Å². The highest BCUT2D eigenvalue weighted by Crippen LogP contribution is 2.19. The topological polar surface area (TPSA) is 88.2 Å². The normalized spacial score (nSPS) is 10.2. The number of aromatic nitrogens is 1. The number of nitrogens with one attached hydrogen (secondary N) is 2. The highest BCUT2D eigenvalue weighted by molar-refractivity contribution is 6.30. The molecule has 0 atom stereocenters. The van der Waals surface area contributed by atoms with Crippen molar-refractivity contribution >= 4 is 40.7 Å². The Hall–Kier alpha value is -3.51. The molecule has 0 saturated carbocycles. The molecule has 6 nitrogen and oxygen atoms in total. The Morgan fingerprint density at radius 2 is 1.50 bits per heavy atom. The number of hydrogen-bond acceptors (Lipinski definition) is 4. The molecule has 0 bridgehead atoms. The maximum Gasteiger partial charge on any atom is 0.258 e. The van der Waals surface area contributed by atoms with Gasteiger partial charge in [-0.15, -0.1) is 0 Å². The molecule has 3 rings (SSSR count). The number of Topliss-reactive ketones (excluding diaryl/α,β-unsaturated/α-hetero) is 1. The number of hydrogen-bond donors (Lipinski definition) is 2. The van der Waals surface area contributed by atoms with Crippen LogP contribution in [0.15, 0.2) is 66.9 Å². The van der Waals surface area contributed by atoms with Crippen molar-refractivity contribution in [2.75, 3.05) is 10.6 Å². The number of ketones is 1. The minimum Gasteiger partial charge on any atom is -0.321 e. The summed E-state index contributed by atoms with van der Waals surface area (Å²) >= 11 is 5.79. The summed E-state index contributed by atoms with van der Waals surface area (Å²) in [6.45, 7) is 1.46. The van der Waals surface area contributed by atoms with Gasteiger partial charge in [0.15, 0.2) is 5.78 Å². The summed E-state index contributed by atoms with van der Waals surface area (Å²) in [6.07, 6.45) is 1.43. The van der Waals surface area contributed by atoms with E-state index in [-0.39, 0.29) is 17.3 Å². The van der Waals surface area contributed by atoms with Crippen LogP contribution in [0, 0.1) is 0 Å². The first kappa shape index (κ1) is 19.3. The summed E-state index contributed by atoms with van der Waals surface area (Å²) in [5.74, 6) is -0.544. The van der Waals surface area contributed by atoms with Gasteiger partial charge in [0.1, 0.15) is 5.82 Å². The number of amides is 2. The molecule has 0 fully saturated rings. The number of para-hydroxylation sites is 1. The lowest BCUT2D eigenvalue weighted by Crippen LogP contribution is -2.18. The van der Waals surface area contributed by atoms with Crippen molar-refractivity contribution in [2.24, 2.45) is 0 Å². The fourth-order valence-corrected chi connectivity index (χ4v) is 2.59. The van der Waals surface area contributed by atoms with E-state index in [9.17, 15) is 14.4 Å². The van der Waals surface area contributed by atoms with Crippen LogP contribution >= 0.6 is 11.6 Å². The van der Waals surface area contributed by atoms with Crippen LogP contribution in [0.5, 0.6) is 0 Å². The second-order valence-electron chi connectivity index (χ2n) is 5.95. The summed E-state index contributed by atoms with van der Waals surface area (Å²) < 4.78 is 0. The minimum absolute atomic E-state index is 0.0789. The molecule has 0 unspecified atom stereocenters. The van der Waals surface area contributed by atoms with E-state index in [2.05, 4.69) is 15.6 Å². The maximum absolute atomic E-state index is 12.6. The first-order valence-electron chi connectivity index (χ1n) is 8.38. The van der Waals surface area contributed by atoms with Gasteiger partial charge in [0.05, 0.1) is 16.3 Å². The van der Waals surface area contributed by atoms with Crippen LogP contribution < -0.4 is 10.6 Å². The van der Waals surface area contributed by atoms with Crippen molar-refractivity contribution in [2.45, 2.75) is 6.92 Å². The fourth-order valence-electron chi connectivity index (χ4n) is 2.47. The van der Waals surface area contributed by atoms with E-state index in [1.54, 1.807) is 60.7 Å². The molecule has 1 heterocycles. The minimum atomic E-state index is -0.419. The number of carbonyl (C=O) groups excluding carboxylic acids is 3. The Labute approximate surface area is 166 Å². The van der Waals surface area contributed by atoms with Crippen molar-refractivity contribution in [3.05, 3.63) is 88.6 Å². The molecule has 140 valence electrons. The zero-order chi connectivity index (χ0) is 20.1. The summed E-state index contributed by atoms with van der Waals surface area (Å²) in [6, 6.07) is 16.1. The van der Waals surface area contributed by atoms with Crippen LogP contribution in [-0.2, 0) is 0 Å². The molecule has 3 aromatic rings. The lowest BCUT2D eigenvalue weighted by atomic mass is 10.1. The van der Waals surface area contributed by atoms with Crippen LogP contribution in [0.3, 0.4) is 0 Å². The number of benzene rings is 2. The Morgan fingerprint density at radius 1 is 0.821 bits per heavy atom. The van der Waals surface area contributed by atoms with Crippen LogP contribution in [0.4, 0.5) is 11.5 Å². The number of nitrogens with zero attached hydrogens (tertiary/aromatic N) is 1. The summed E-state index contributed by atoms with van der Waals surface area (Å²) in [7, 11) is 0. The molecule has 2 aromatic carbocycles. The number of rotatable bonds is 5. The molecular formula is C21H16ClN3O3. The molecule has 1 aromatic heterocycles. The van der Waals surface area contributed by atoms with Gasteiger partial charge >= 0.3 is 0 Å². The average molecular weight is 394 g/mol. The molecule has 0 saturated heterocycles. The third kappa shape index (κ3) is 4.61. The molecule has 2 N–H and O–H groups in total. The number of halogens is 1. The van der Waals surface area contributed by atoms with Gasteiger partial charge in [0, 0.05) is 17.3 Å². The quantitative estimate of drug-likeness (QED) is 0.627. The van der Waals surface area contributed by atoms with E-state index in [1.807, 2.05) is 0 Å². The highest BCUT2D eigenvalue weighted by Gasteiger charge is 2.15. The Morgan fingerprint density at radius 3 is 2.14 bits per heavy atom. The van der Waals surface area contributed by atoms with Gasteiger partial charge in [-0.1, -0.05) is 35.9 Å². The van der Waals surface area contributed by atoms with Crippen LogP contribution in [0.25, 0.3) is 0 Å². The molecule has 0 aliphatic rings. The van der Waals surface area contributed by atoms with Gasteiger partial charge in [-0.25, -0.2) is 4.98 Å². The summed E-state index contributed by atoms with van der Waals surface area (Å²) in [5.41, 5.74) is 1.54. The van der Waals surface area contributed by atoms with Crippen molar-refractivity contribution in [3.63, 3.8) is 0 Å². The van der Waals surface area contributed by atoms with Gasteiger partial charge in [-0.2, -0.15) is 0 Å². The Bertz CT molecular complexity index is 1030. The second kappa shape index (κ2) is 8.45. The zero-order valence-corrected chi connectivity index (χ0v) is 15.7. The molecular weight excluding hydrogens is 378 g/mol. The molecule has 0 aliphatic carbocycles. The second-order valence-corrected chi connectivity index (χ2v) is 6.39. The monoisotopic (exact) mass is 393 g/mol. The van der Waals surface area contributed by atoms with Crippen molar-refractivity contribution in [1.82, 2.24) is 4.98 Å². The Kier molecular flexibility index (Phi) is 5.81. The summed E-state index contributed by atoms with van der Waals surface area (Å²) in [4.78, 5) is 40.5. The number of anilines is 2. The zero-order valence-electron chi connectivity index (χ0n) is 14.9. The van der Waals surface area contributed by atoms with Crippen molar-refractivity contribution in [3.8, 4) is 0 Å². The molecule has 28 heavy (non-hydrogen) atoms. The molecule has 0 aliphatic heterocycles. The number of carbonyl (C=O) groups is 3. The number of pyridine rings is 1. The average Bonchev–Trinajstić information content (AvgIpc) is 2.70. The first-order chi connectivity index (χ1) is 13.4. The summed E-state index contributed by atoms with van der Waals surface area (Å²) in [5, 5.41) is 5.85. The first-order valence-corrected chi connectivity index (χ1v) is 8.76. The van der Waals surface area contributed by atoms with Gasteiger partial charge in [-0.3, -0.25) is 14.4 Å². The van der Waals surface area contributed by atoms with E-state index < -0.39 is 5.91 Å². The van der Waals surface area contributed by atoms with Crippen LogP contribution in [-0.4, -0.2) is 22.6 Å². The van der Waals surface area contributed by atoms with Crippen LogP contribution in [0.2, 0.25) is 5.02 Å². The third-order valence-electron chi connectivity index (χ3n) is 3.94. The standard InChI is InChI=1S/C21H16ClN3O3/c1-13(26)14-6-8-15(9-7-14)20(27)24-18-5-3-2-4-17(18)21(28)25-19-11-10-16(22)12-23-19/h2-12H,1H3,(H,24,27)(H,23,25,28). The van der Waals surface area contributed by atoms with E-state index in [4.69, 9.17) is 11.6 Å². The predicted molar refractivity (Wildman–Crippen MR) is 108 cm³/mol. The SMILES string of the molecule is CC(=O)c1ccc(C(=O)Nc2ccccc2C(=O)Nc2ccc(Cl)cn2)cc1. The van der Waals surface area contributed by atoms with Crippen molar-refractivity contribution in [1.29, 1.82) is 0 Å². The lowest BCUT2D eigenvalue weighted by molar-refractivity contribution is 0.100. The van der Waals surface area contributed by atoms with E-state index in [0.717, 1.165) is 0 Å². The highest BCUT2D eigenvalue weighted by atomic mass is 35.5. The van der Waals surface area contributed by atoms with Gasteiger partial charge in [0.2, 0.25) is 0 Å². The largest absolute Gasteiger partial charge is 0.321 e. The van der Waals surface area contributed by atoms with E-state index in [0.29, 0.717) is 27.7 Å². The molecule has 0 spiro atoms. The lowest BCUT2D eigenvalue weighted by Gasteiger charge is -2.11. The fraction of sp³-hybridized carbons (Fsp3) is 0.0476. The van der Waals surface area contributed by atoms with E-state index >= 15 is 0 Å². The Balaban J connectivity index is 1.77. The van der Waals surface area contributed by atoms with Gasteiger partial charge in [-0.05, 0) is 43.3 Å². The predicted octanol–water partition coefficient (Wildman–Crippen LogP) is 4.44. The van der Waals surface area contributed by atoms with E-state index in [1.165, 1.54) is 13.1 Å². The molecule has 2 amide bonds. The molecule has 7 heteroatoms. The van der Waals surface area contributed by atoms with Crippen LogP contribution in [0.1, 0.15) is 38.0 Å². The van der Waals surface area contributed by atoms with Crippen molar-refractivity contribution < 1.29 is 14.4 Å². The smallest absolute Gasteiger partial charge is 0.258 e. The maximum atomic E-state index is 12.6. The van der Waals surface area contributed by atoms with Gasteiger partial charge in [0.25, 0.3) is 11.8 Å². The molecule has 0 radical (unpaired) electrons.